The van der Waals surface area contributed by atoms with E-state index in [0.29, 0.717) is 0 Å². The third-order valence-electron chi connectivity index (χ3n) is 3.34. The Labute approximate surface area is 130 Å². The predicted molar refractivity (Wildman–Crippen MR) is 74.5 cm³/mol. The van der Waals surface area contributed by atoms with Crippen LogP contribution in [0.25, 0.3) is 0 Å². The minimum absolute atomic E-state index is 0.0245. The van der Waals surface area contributed by atoms with Gasteiger partial charge in [0.1, 0.15) is 6.04 Å². The lowest BCUT2D eigenvalue weighted by molar-refractivity contribution is -0.122. The summed E-state index contributed by atoms with van der Waals surface area (Å²) in [5, 5.41) is 6.83. The first-order valence-corrected chi connectivity index (χ1v) is 6.81. The molecule has 0 bridgehead atoms. The highest BCUT2D eigenvalue weighted by Gasteiger charge is 2.29. The Morgan fingerprint density at radius 3 is 2.65 bits per heavy atom. The molecule has 1 atom stereocenters. The van der Waals surface area contributed by atoms with E-state index < -0.39 is 35.5 Å². The van der Waals surface area contributed by atoms with Gasteiger partial charge in [0, 0.05) is 18.5 Å². The number of urea groups is 1. The molecule has 1 aromatic carbocycles. The van der Waals surface area contributed by atoms with Crippen molar-refractivity contribution in [2.45, 2.75) is 25.4 Å². The average molecular weight is 327 g/mol. The Bertz CT molecular complexity index is 651. The molecule has 0 spiro atoms. The lowest BCUT2D eigenvalue weighted by atomic mass is 10.1. The summed E-state index contributed by atoms with van der Waals surface area (Å²) in [6.07, 6.45) is 0.0709. The van der Waals surface area contributed by atoms with E-state index in [2.05, 4.69) is 15.4 Å². The van der Waals surface area contributed by atoms with Crippen molar-refractivity contribution in [1.82, 2.24) is 16.0 Å². The lowest BCUT2D eigenvalue weighted by Crippen LogP contribution is -2.31. The fraction of sp³-hybridized carbons (Fsp3) is 0.357. The Morgan fingerprint density at radius 2 is 2.04 bits per heavy atom. The molecular weight excluding hydrogens is 312 g/mol. The molecule has 1 heterocycles. The minimum atomic E-state index is -1.12. The van der Waals surface area contributed by atoms with Crippen LogP contribution in [-0.2, 0) is 16.1 Å². The monoisotopic (exact) mass is 327 g/mol. The first-order chi connectivity index (χ1) is 10.9. The van der Waals surface area contributed by atoms with Gasteiger partial charge < -0.3 is 15.4 Å². The van der Waals surface area contributed by atoms with Crippen molar-refractivity contribution in [2.24, 2.45) is 0 Å². The Kier molecular flexibility index (Phi) is 5.09. The molecule has 1 aliphatic heterocycles. The first kappa shape index (κ1) is 16.7. The van der Waals surface area contributed by atoms with Crippen LogP contribution in [0.5, 0.6) is 5.75 Å². The summed E-state index contributed by atoms with van der Waals surface area (Å²) in [7, 11) is 1.22. The molecular formula is C14H15F2N3O4. The highest BCUT2D eigenvalue weighted by atomic mass is 19.2. The summed E-state index contributed by atoms with van der Waals surface area (Å²) in [5.74, 6) is -3.38. The van der Waals surface area contributed by atoms with E-state index >= 15 is 0 Å². The van der Waals surface area contributed by atoms with Crippen molar-refractivity contribution in [1.29, 1.82) is 0 Å². The quantitative estimate of drug-likeness (QED) is 0.666. The Hall–Kier alpha value is -2.71. The van der Waals surface area contributed by atoms with Crippen LogP contribution in [0.15, 0.2) is 12.1 Å². The van der Waals surface area contributed by atoms with E-state index in [-0.39, 0.29) is 30.7 Å². The molecule has 1 saturated heterocycles. The van der Waals surface area contributed by atoms with Gasteiger partial charge in [0.25, 0.3) is 5.91 Å². The molecule has 4 amide bonds. The van der Waals surface area contributed by atoms with Gasteiger partial charge in [0.15, 0.2) is 11.6 Å². The highest BCUT2D eigenvalue weighted by Crippen LogP contribution is 2.22. The predicted octanol–water partition coefficient (Wildman–Crippen LogP) is 0.578. The second-order valence-electron chi connectivity index (χ2n) is 4.89. The van der Waals surface area contributed by atoms with Crippen LogP contribution < -0.4 is 20.7 Å². The van der Waals surface area contributed by atoms with Crippen LogP contribution >= 0.6 is 0 Å². The largest absolute Gasteiger partial charge is 0.494 e. The van der Waals surface area contributed by atoms with E-state index in [9.17, 15) is 23.2 Å². The summed E-state index contributed by atoms with van der Waals surface area (Å²) in [4.78, 5) is 33.9. The van der Waals surface area contributed by atoms with Crippen LogP contribution in [0.1, 0.15) is 18.4 Å². The number of hydrogen-bond donors (Lipinski definition) is 3. The number of methoxy groups -OCH3 is 1. The van der Waals surface area contributed by atoms with Gasteiger partial charge >= 0.3 is 6.03 Å². The molecule has 0 saturated carbocycles. The van der Waals surface area contributed by atoms with Gasteiger partial charge in [0.2, 0.25) is 11.7 Å². The van der Waals surface area contributed by atoms with Crippen LogP contribution in [0, 0.1) is 11.6 Å². The number of amides is 4. The second kappa shape index (κ2) is 7.03. The van der Waals surface area contributed by atoms with Crippen molar-refractivity contribution in [3.8, 4) is 5.75 Å². The van der Waals surface area contributed by atoms with Crippen molar-refractivity contribution in [3.63, 3.8) is 0 Å². The maximum atomic E-state index is 13.7. The van der Waals surface area contributed by atoms with E-state index in [1.54, 1.807) is 0 Å². The normalized spacial score (nSPS) is 16.7. The van der Waals surface area contributed by atoms with Crippen LogP contribution in [0.4, 0.5) is 13.6 Å². The molecule has 124 valence electrons. The molecule has 0 radical (unpaired) electrons. The molecule has 23 heavy (non-hydrogen) atoms. The number of carbonyl (C=O) groups is 3. The number of hydrogen-bond acceptors (Lipinski definition) is 4. The zero-order valence-electron chi connectivity index (χ0n) is 12.2. The van der Waals surface area contributed by atoms with Crippen molar-refractivity contribution >= 4 is 17.8 Å². The van der Waals surface area contributed by atoms with Crippen LogP contribution in [0.3, 0.4) is 0 Å². The third kappa shape index (κ3) is 3.93. The number of halogens is 2. The molecule has 7 nitrogen and oxygen atoms in total. The van der Waals surface area contributed by atoms with E-state index in [4.69, 9.17) is 0 Å². The zero-order chi connectivity index (χ0) is 17.0. The SMILES string of the molecule is COc1ccc(CNC(=O)CCC2NC(=O)NC2=O)c(F)c1F. The van der Waals surface area contributed by atoms with Gasteiger partial charge in [-0.05, 0) is 12.5 Å². The lowest BCUT2D eigenvalue weighted by Gasteiger charge is -2.10. The van der Waals surface area contributed by atoms with Gasteiger partial charge in [-0.2, -0.15) is 4.39 Å². The van der Waals surface area contributed by atoms with Crippen LogP contribution in [-0.4, -0.2) is 31.0 Å². The number of benzene rings is 1. The molecule has 0 aromatic heterocycles. The molecule has 2 rings (SSSR count). The minimum Gasteiger partial charge on any atom is -0.494 e. The fourth-order valence-electron chi connectivity index (χ4n) is 2.09. The van der Waals surface area contributed by atoms with Crippen LogP contribution in [0.2, 0.25) is 0 Å². The maximum absolute atomic E-state index is 13.7. The summed E-state index contributed by atoms with van der Waals surface area (Å²) >= 11 is 0. The van der Waals surface area contributed by atoms with E-state index in [1.807, 2.05) is 5.32 Å². The molecule has 1 unspecified atom stereocenters. The van der Waals surface area contributed by atoms with Gasteiger partial charge in [-0.25, -0.2) is 9.18 Å². The molecule has 0 aliphatic carbocycles. The van der Waals surface area contributed by atoms with Gasteiger partial charge in [-0.15, -0.1) is 0 Å². The molecule has 9 heteroatoms. The Morgan fingerprint density at radius 1 is 1.30 bits per heavy atom. The second-order valence-corrected chi connectivity index (χ2v) is 4.89. The first-order valence-electron chi connectivity index (χ1n) is 6.81. The summed E-state index contributed by atoms with van der Waals surface area (Å²) in [6.45, 7) is -0.200. The van der Waals surface area contributed by atoms with Crippen molar-refractivity contribution < 1.29 is 27.9 Å². The Balaban J connectivity index is 1.84. The molecule has 1 aromatic rings. The van der Waals surface area contributed by atoms with E-state index in [1.165, 1.54) is 19.2 Å². The standard InChI is InChI=1S/C14H15F2N3O4/c1-23-9-4-2-7(11(15)12(9)16)6-17-10(20)5-3-8-13(21)19-14(22)18-8/h2,4,8H,3,5-6H2,1H3,(H,17,20)(H2,18,19,21,22). The summed E-state index contributed by atoms with van der Waals surface area (Å²) < 4.78 is 31.9. The summed E-state index contributed by atoms with van der Waals surface area (Å²) in [5.41, 5.74) is -0.0245. The zero-order valence-corrected chi connectivity index (χ0v) is 12.2. The van der Waals surface area contributed by atoms with Gasteiger partial charge in [-0.1, -0.05) is 6.07 Å². The van der Waals surface area contributed by atoms with Gasteiger partial charge in [0.05, 0.1) is 7.11 Å². The molecule has 1 fully saturated rings. The number of rotatable bonds is 6. The number of imide groups is 1. The number of carbonyl (C=O) groups excluding carboxylic acids is 3. The average Bonchev–Trinajstić information content (AvgIpc) is 2.84. The fourth-order valence-corrected chi connectivity index (χ4v) is 2.09. The molecule has 1 aliphatic rings. The number of ether oxygens (including phenoxy) is 1. The van der Waals surface area contributed by atoms with E-state index in [0.717, 1.165) is 0 Å². The van der Waals surface area contributed by atoms with Crippen molar-refractivity contribution in [3.05, 3.63) is 29.3 Å². The smallest absolute Gasteiger partial charge is 0.322 e. The topological polar surface area (TPSA) is 96.5 Å². The highest BCUT2D eigenvalue weighted by molar-refractivity contribution is 6.04. The van der Waals surface area contributed by atoms with Crippen molar-refractivity contribution in [2.75, 3.05) is 7.11 Å². The third-order valence-corrected chi connectivity index (χ3v) is 3.34. The maximum Gasteiger partial charge on any atom is 0.322 e. The number of nitrogens with one attached hydrogen (secondary N) is 3. The van der Waals surface area contributed by atoms with Gasteiger partial charge in [-0.3, -0.25) is 14.9 Å². The summed E-state index contributed by atoms with van der Waals surface area (Å²) in [6, 6.07) is 1.21. The molecule has 3 N–H and O–H groups in total.